The molecule has 0 unspecified atom stereocenters. The quantitative estimate of drug-likeness (QED) is 0.600. The molecule has 0 saturated heterocycles. The maximum absolute atomic E-state index is 11.4. The van der Waals surface area contributed by atoms with E-state index in [1.54, 1.807) is 0 Å². The standard InChI is InChI=1S/C12H16BrNO2S/c13-10-3-5-11(6-4-10)17-9-12(16)14-7-1-2-8-15/h3-6,15H,1-2,7-9H2,(H,14,16). The lowest BCUT2D eigenvalue weighted by Crippen LogP contribution is -2.26. The molecule has 0 spiro atoms. The van der Waals surface area contributed by atoms with Gasteiger partial charge in [0, 0.05) is 22.5 Å². The molecule has 0 aliphatic heterocycles. The number of hydrogen-bond donors (Lipinski definition) is 2. The second-order valence-corrected chi connectivity index (χ2v) is 5.49. The monoisotopic (exact) mass is 317 g/mol. The number of aliphatic hydroxyl groups excluding tert-OH is 1. The fourth-order valence-electron chi connectivity index (χ4n) is 1.20. The number of thioether (sulfide) groups is 1. The number of aliphatic hydroxyl groups is 1. The van der Waals surface area contributed by atoms with Gasteiger partial charge in [-0.2, -0.15) is 0 Å². The highest BCUT2D eigenvalue weighted by Crippen LogP contribution is 2.20. The molecular formula is C12H16BrNO2S. The number of hydrogen-bond acceptors (Lipinski definition) is 3. The van der Waals surface area contributed by atoms with E-state index < -0.39 is 0 Å². The number of halogens is 1. The summed E-state index contributed by atoms with van der Waals surface area (Å²) in [6.45, 7) is 0.823. The van der Waals surface area contributed by atoms with E-state index in [0.717, 1.165) is 22.2 Å². The lowest BCUT2D eigenvalue weighted by Gasteiger charge is -2.04. The average Bonchev–Trinajstić information content (AvgIpc) is 2.34. The Kier molecular flexibility index (Phi) is 7.32. The van der Waals surface area contributed by atoms with Gasteiger partial charge in [0.1, 0.15) is 0 Å². The molecule has 0 radical (unpaired) electrons. The summed E-state index contributed by atoms with van der Waals surface area (Å²) >= 11 is 4.88. The van der Waals surface area contributed by atoms with Gasteiger partial charge in [-0.1, -0.05) is 15.9 Å². The summed E-state index contributed by atoms with van der Waals surface area (Å²) in [5, 5.41) is 11.4. The number of amides is 1. The zero-order valence-electron chi connectivity index (χ0n) is 9.49. The maximum atomic E-state index is 11.4. The Bertz CT molecular complexity index is 343. The molecule has 0 fully saturated rings. The molecular weight excluding hydrogens is 302 g/mol. The number of nitrogens with one attached hydrogen (secondary N) is 1. The third-order valence-corrected chi connectivity index (χ3v) is 3.63. The number of unbranched alkanes of at least 4 members (excludes halogenated alkanes) is 1. The van der Waals surface area contributed by atoms with E-state index >= 15 is 0 Å². The summed E-state index contributed by atoms with van der Waals surface area (Å²) in [6.07, 6.45) is 1.56. The van der Waals surface area contributed by atoms with Gasteiger partial charge in [0.05, 0.1) is 5.75 Å². The van der Waals surface area contributed by atoms with E-state index in [2.05, 4.69) is 21.2 Å². The molecule has 3 nitrogen and oxygen atoms in total. The molecule has 0 atom stereocenters. The second-order valence-electron chi connectivity index (χ2n) is 3.52. The number of rotatable bonds is 7. The van der Waals surface area contributed by atoms with Crippen LogP contribution in [0.25, 0.3) is 0 Å². The molecule has 0 heterocycles. The van der Waals surface area contributed by atoms with E-state index in [1.165, 1.54) is 11.8 Å². The predicted molar refractivity (Wildman–Crippen MR) is 74.2 cm³/mol. The molecule has 1 amide bonds. The van der Waals surface area contributed by atoms with Crippen molar-refractivity contribution in [3.63, 3.8) is 0 Å². The van der Waals surface area contributed by atoms with Crippen LogP contribution in [-0.4, -0.2) is 29.9 Å². The van der Waals surface area contributed by atoms with Gasteiger partial charge in [-0.25, -0.2) is 0 Å². The molecule has 0 saturated carbocycles. The summed E-state index contributed by atoms with van der Waals surface area (Å²) in [5.41, 5.74) is 0. The van der Waals surface area contributed by atoms with Crippen molar-refractivity contribution >= 4 is 33.6 Å². The van der Waals surface area contributed by atoms with Crippen LogP contribution in [0.4, 0.5) is 0 Å². The minimum atomic E-state index is 0.0378. The summed E-state index contributed by atoms with van der Waals surface area (Å²) in [5.74, 6) is 0.469. The average molecular weight is 318 g/mol. The number of carbonyl (C=O) groups is 1. The Morgan fingerprint density at radius 1 is 1.29 bits per heavy atom. The van der Waals surface area contributed by atoms with Crippen LogP contribution in [0.3, 0.4) is 0 Å². The van der Waals surface area contributed by atoms with Crippen LogP contribution in [0.5, 0.6) is 0 Å². The highest BCUT2D eigenvalue weighted by atomic mass is 79.9. The number of benzene rings is 1. The Labute approximate surface area is 114 Å². The zero-order chi connectivity index (χ0) is 12.5. The fraction of sp³-hybridized carbons (Fsp3) is 0.417. The summed E-state index contributed by atoms with van der Waals surface area (Å²) in [4.78, 5) is 12.5. The molecule has 0 aliphatic carbocycles. The summed E-state index contributed by atoms with van der Waals surface area (Å²) in [6, 6.07) is 7.88. The van der Waals surface area contributed by atoms with Crippen molar-refractivity contribution in [2.45, 2.75) is 17.7 Å². The largest absolute Gasteiger partial charge is 0.396 e. The van der Waals surface area contributed by atoms with Crippen LogP contribution < -0.4 is 5.32 Å². The first-order valence-corrected chi connectivity index (χ1v) is 7.26. The first-order chi connectivity index (χ1) is 8.22. The molecule has 1 aromatic rings. The van der Waals surface area contributed by atoms with Crippen molar-refractivity contribution in [1.29, 1.82) is 0 Å². The molecule has 2 N–H and O–H groups in total. The smallest absolute Gasteiger partial charge is 0.230 e. The van der Waals surface area contributed by atoms with E-state index in [0.29, 0.717) is 12.3 Å². The molecule has 1 rings (SSSR count). The fourth-order valence-corrected chi connectivity index (χ4v) is 2.19. The first-order valence-electron chi connectivity index (χ1n) is 5.48. The van der Waals surface area contributed by atoms with Crippen LogP contribution >= 0.6 is 27.7 Å². The molecule has 94 valence electrons. The minimum absolute atomic E-state index is 0.0378. The highest BCUT2D eigenvalue weighted by molar-refractivity contribution is 9.10. The van der Waals surface area contributed by atoms with Gasteiger partial charge in [-0.3, -0.25) is 4.79 Å². The Morgan fingerprint density at radius 2 is 2.00 bits per heavy atom. The normalized spacial score (nSPS) is 10.2. The van der Waals surface area contributed by atoms with Crippen LogP contribution in [0.2, 0.25) is 0 Å². The molecule has 0 aromatic heterocycles. The van der Waals surface area contributed by atoms with Crippen molar-refractivity contribution in [3.8, 4) is 0 Å². The predicted octanol–water partition coefficient (Wildman–Crippen LogP) is 2.43. The number of carbonyl (C=O) groups excluding carboxylic acids is 1. The van der Waals surface area contributed by atoms with Gasteiger partial charge < -0.3 is 10.4 Å². The summed E-state index contributed by atoms with van der Waals surface area (Å²) in [7, 11) is 0. The Hall–Kier alpha value is -0.520. The van der Waals surface area contributed by atoms with Crippen molar-refractivity contribution in [3.05, 3.63) is 28.7 Å². The lowest BCUT2D eigenvalue weighted by atomic mass is 10.3. The zero-order valence-corrected chi connectivity index (χ0v) is 11.9. The topological polar surface area (TPSA) is 49.3 Å². The SMILES string of the molecule is O=C(CSc1ccc(Br)cc1)NCCCCO. The van der Waals surface area contributed by atoms with Crippen molar-refractivity contribution in [2.24, 2.45) is 0 Å². The van der Waals surface area contributed by atoms with Crippen LogP contribution in [0.15, 0.2) is 33.6 Å². The van der Waals surface area contributed by atoms with Crippen LogP contribution in [0, 0.1) is 0 Å². The van der Waals surface area contributed by atoms with Gasteiger partial charge in [0.2, 0.25) is 5.91 Å². The van der Waals surface area contributed by atoms with Gasteiger partial charge in [0.25, 0.3) is 0 Å². The van der Waals surface area contributed by atoms with Crippen molar-refractivity contribution < 1.29 is 9.90 Å². The molecule has 5 heteroatoms. The second kappa shape index (κ2) is 8.55. The Morgan fingerprint density at radius 3 is 2.65 bits per heavy atom. The van der Waals surface area contributed by atoms with E-state index in [-0.39, 0.29) is 12.5 Å². The van der Waals surface area contributed by atoms with Gasteiger partial charge >= 0.3 is 0 Å². The van der Waals surface area contributed by atoms with Crippen LogP contribution in [0.1, 0.15) is 12.8 Å². The van der Waals surface area contributed by atoms with E-state index in [1.807, 2.05) is 24.3 Å². The maximum Gasteiger partial charge on any atom is 0.230 e. The van der Waals surface area contributed by atoms with Gasteiger partial charge in [-0.15, -0.1) is 11.8 Å². The van der Waals surface area contributed by atoms with Gasteiger partial charge in [-0.05, 0) is 37.1 Å². The third kappa shape index (κ3) is 6.71. The van der Waals surface area contributed by atoms with Crippen molar-refractivity contribution in [1.82, 2.24) is 5.32 Å². The van der Waals surface area contributed by atoms with E-state index in [4.69, 9.17) is 5.11 Å². The summed E-state index contributed by atoms with van der Waals surface area (Å²) < 4.78 is 1.04. The van der Waals surface area contributed by atoms with Crippen LogP contribution in [-0.2, 0) is 4.79 Å². The molecule has 1 aromatic carbocycles. The van der Waals surface area contributed by atoms with E-state index in [9.17, 15) is 4.79 Å². The third-order valence-electron chi connectivity index (χ3n) is 2.09. The molecule has 0 aliphatic rings. The van der Waals surface area contributed by atoms with Crippen molar-refractivity contribution in [2.75, 3.05) is 18.9 Å². The molecule has 17 heavy (non-hydrogen) atoms. The highest BCUT2D eigenvalue weighted by Gasteiger charge is 2.01. The molecule has 0 bridgehead atoms. The Balaban J connectivity index is 2.17. The lowest BCUT2D eigenvalue weighted by molar-refractivity contribution is -0.118. The van der Waals surface area contributed by atoms with Gasteiger partial charge in [0.15, 0.2) is 0 Å². The minimum Gasteiger partial charge on any atom is -0.396 e. The first kappa shape index (κ1) is 14.5.